The second-order valence-electron chi connectivity index (χ2n) is 6.05. The van der Waals surface area contributed by atoms with Crippen LogP contribution in [0.25, 0.3) is 0 Å². The maximum atomic E-state index is 12.2. The van der Waals surface area contributed by atoms with Gasteiger partial charge in [-0.3, -0.25) is 4.79 Å². The van der Waals surface area contributed by atoms with Crippen LogP contribution in [0.15, 0.2) is 29.3 Å². The summed E-state index contributed by atoms with van der Waals surface area (Å²) < 4.78 is 0. The highest BCUT2D eigenvalue weighted by molar-refractivity contribution is 14.0. The van der Waals surface area contributed by atoms with Gasteiger partial charge in [0.1, 0.15) is 0 Å². The number of hydrogen-bond donors (Lipinski definition) is 2. The van der Waals surface area contributed by atoms with Gasteiger partial charge in [0.25, 0.3) is 5.91 Å². The molecule has 0 aliphatic heterocycles. The van der Waals surface area contributed by atoms with Gasteiger partial charge in [-0.1, -0.05) is 18.6 Å². The average molecular weight is 444 g/mol. The Bertz CT molecular complexity index is 536. The van der Waals surface area contributed by atoms with E-state index in [1.807, 2.05) is 43.0 Å². The minimum atomic E-state index is 0. The van der Waals surface area contributed by atoms with Crippen molar-refractivity contribution >= 4 is 35.8 Å². The van der Waals surface area contributed by atoms with Crippen LogP contribution in [0.5, 0.6) is 0 Å². The summed E-state index contributed by atoms with van der Waals surface area (Å²) in [7, 11) is 0. The summed E-state index contributed by atoms with van der Waals surface area (Å²) in [6.07, 6.45) is 3.92. The molecule has 134 valence electrons. The molecule has 1 saturated carbocycles. The fourth-order valence-electron chi connectivity index (χ4n) is 2.62. The molecule has 0 atom stereocenters. The molecular weight excluding hydrogens is 415 g/mol. The Kier molecular flexibility index (Phi) is 9.10. The number of rotatable bonds is 7. The van der Waals surface area contributed by atoms with Gasteiger partial charge in [0, 0.05) is 25.2 Å². The summed E-state index contributed by atoms with van der Waals surface area (Å²) in [5, 5.41) is 3.18. The third kappa shape index (κ3) is 5.96. The van der Waals surface area contributed by atoms with Gasteiger partial charge in [-0.2, -0.15) is 0 Å². The van der Waals surface area contributed by atoms with E-state index < -0.39 is 0 Å². The first-order valence-electron chi connectivity index (χ1n) is 8.56. The van der Waals surface area contributed by atoms with Crippen molar-refractivity contribution in [2.75, 3.05) is 19.6 Å². The van der Waals surface area contributed by atoms with E-state index in [1.165, 1.54) is 19.3 Å². The number of carbonyl (C=O) groups is 1. The van der Waals surface area contributed by atoms with Gasteiger partial charge in [-0.05, 0) is 50.3 Å². The molecule has 0 bridgehead atoms. The molecule has 0 aromatic heterocycles. The summed E-state index contributed by atoms with van der Waals surface area (Å²) in [6, 6.07) is 7.62. The van der Waals surface area contributed by atoms with Crippen molar-refractivity contribution in [2.24, 2.45) is 16.6 Å². The first kappa shape index (κ1) is 20.7. The van der Waals surface area contributed by atoms with Gasteiger partial charge in [0.05, 0.1) is 6.54 Å². The van der Waals surface area contributed by atoms with Crippen molar-refractivity contribution in [3.05, 3.63) is 35.4 Å². The van der Waals surface area contributed by atoms with Gasteiger partial charge < -0.3 is 16.0 Å². The van der Waals surface area contributed by atoms with Gasteiger partial charge >= 0.3 is 0 Å². The molecule has 3 N–H and O–H groups in total. The number of aliphatic imine (C=N–C) groups is 1. The Morgan fingerprint density at radius 1 is 1.25 bits per heavy atom. The molecule has 1 fully saturated rings. The van der Waals surface area contributed by atoms with E-state index in [0.717, 1.165) is 36.7 Å². The first-order chi connectivity index (χ1) is 11.1. The molecule has 1 amide bonds. The van der Waals surface area contributed by atoms with Crippen LogP contribution in [0.2, 0.25) is 0 Å². The molecule has 0 saturated heterocycles. The Morgan fingerprint density at radius 2 is 1.88 bits per heavy atom. The van der Waals surface area contributed by atoms with E-state index in [-0.39, 0.29) is 29.9 Å². The summed E-state index contributed by atoms with van der Waals surface area (Å²) >= 11 is 0. The second-order valence-corrected chi connectivity index (χ2v) is 6.05. The van der Waals surface area contributed by atoms with E-state index in [9.17, 15) is 4.79 Å². The molecule has 0 unspecified atom stereocenters. The van der Waals surface area contributed by atoms with Crippen molar-refractivity contribution in [1.82, 2.24) is 10.2 Å². The van der Waals surface area contributed by atoms with Crippen LogP contribution in [0.3, 0.4) is 0 Å². The topological polar surface area (TPSA) is 70.7 Å². The molecule has 24 heavy (non-hydrogen) atoms. The van der Waals surface area contributed by atoms with Gasteiger partial charge in [-0.15, -0.1) is 24.0 Å². The molecule has 6 heteroatoms. The summed E-state index contributed by atoms with van der Waals surface area (Å²) in [5.41, 5.74) is 7.65. The highest BCUT2D eigenvalue weighted by atomic mass is 127. The number of amides is 1. The molecule has 5 nitrogen and oxygen atoms in total. The monoisotopic (exact) mass is 444 g/mol. The smallest absolute Gasteiger partial charge is 0.253 e. The fraction of sp³-hybridized carbons (Fsp3) is 0.556. The number of nitrogens with two attached hydrogens (primary N) is 1. The quantitative estimate of drug-likeness (QED) is 0.386. The second kappa shape index (κ2) is 10.5. The third-order valence-corrected chi connectivity index (χ3v) is 4.48. The summed E-state index contributed by atoms with van der Waals surface area (Å²) in [6.45, 7) is 6.89. The van der Waals surface area contributed by atoms with E-state index in [2.05, 4.69) is 10.3 Å². The number of guanidine groups is 1. The minimum absolute atomic E-state index is 0. The Morgan fingerprint density at radius 3 is 2.38 bits per heavy atom. The predicted octanol–water partition coefficient (Wildman–Crippen LogP) is 2.99. The molecule has 1 aliphatic rings. The van der Waals surface area contributed by atoms with Crippen molar-refractivity contribution in [3.8, 4) is 0 Å². The maximum Gasteiger partial charge on any atom is 0.253 e. The zero-order chi connectivity index (χ0) is 16.7. The lowest BCUT2D eigenvalue weighted by atomic mass is 9.85. The van der Waals surface area contributed by atoms with Crippen molar-refractivity contribution in [1.29, 1.82) is 0 Å². The zero-order valence-electron chi connectivity index (χ0n) is 14.6. The minimum Gasteiger partial charge on any atom is -0.370 e. The molecule has 1 aromatic rings. The largest absolute Gasteiger partial charge is 0.370 e. The number of benzene rings is 1. The predicted molar refractivity (Wildman–Crippen MR) is 110 cm³/mol. The number of carbonyl (C=O) groups excluding carboxylic acids is 1. The highest BCUT2D eigenvalue weighted by Crippen LogP contribution is 2.24. The normalized spacial score (nSPS) is 14.5. The first-order valence-corrected chi connectivity index (χ1v) is 8.56. The lowest BCUT2D eigenvalue weighted by Gasteiger charge is -2.25. The molecule has 1 aromatic carbocycles. The number of hydrogen-bond acceptors (Lipinski definition) is 2. The number of nitrogens with zero attached hydrogens (tertiary/aromatic N) is 2. The molecule has 2 rings (SSSR count). The van der Waals surface area contributed by atoms with Gasteiger partial charge in [0.15, 0.2) is 5.96 Å². The van der Waals surface area contributed by atoms with Gasteiger partial charge in [0.2, 0.25) is 0 Å². The van der Waals surface area contributed by atoms with Crippen LogP contribution in [-0.4, -0.2) is 36.4 Å². The van der Waals surface area contributed by atoms with Crippen LogP contribution >= 0.6 is 24.0 Å². The van der Waals surface area contributed by atoms with E-state index in [1.54, 1.807) is 0 Å². The molecule has 1 aliphatic carbocycles. The van der Waals surface area contributed by atoms with Crippen LogP contribution in [0.1, 0.15) is 49.0 Å². The SMILES string of the molecule is CCN(CC)C(=O)c1ccc(CN=C(N)NCC2CCC2)cc1.I. The highest BCUT2D eigenvalue weighted by Gasteiger charge is 2.16. The van der Waals surface area contributed by atoms with Crippen LogP contribution in [0, 0.1) is 5.92 Å². The number of halogens is 1. The summed E-state index contributed by atoms with van der Waals surface area (Å²) in [5.74, 6) is 1.33. The Balaban J connectivity index is 0.00000288. The van der Waals surface area contributed by atoms with Crippen LogP contribution < -0.4 is 11.1 Å². The third-order valence-electron chi connectivity index (χ3n) is 4.48. The van der Waals surface area contributed by atoms with E-state index >= 15 is 0 Å². The molecule has 0 radical (unpaired) electrons. The molecule has 0 spiro atoms. The van der Waals surface area contributed by atoms with Crippen LogP contribution in [-0.2, 0) is 6.54 Å². The maximum absolute atomic E-state index is 12.2. The van der Waals surface area contributed by atoms with Crippen LogP contribution in [0.4, 0.5) is 0 Å². The van der Waals surface area contributed by atoms with Gasteiger partial charge in [-0.25, -0.2) is 4.99 Å². The number of nitrogens with one attached hydrogen (secondary N) is 1. The lowest BCUT2D eigenvalue weighted by Crippen LogP contribution is -2.37. The standard InChI is InChI=1S/C18H28N4O.HI/c1-3-22(4-2)17(23)16-10-8-15(9-11-16)13-21-18(19)20-12-14-6-5-7-14;/h8-11,14H,3-7,12-13H2,1-2H3,(H3,19,20,21);1H. The Hall–Kier alpha value is -1.31. The van der Waals surface area contributed by atoms with Crippen molar-refractivity contribution < 1.29 is 4.79 Å². The van der Waals surface area contributed by atoms with E-state index in [4.69, 9.17) is 5.73 Å². The average Bonchev–Trinajstić information content (AvgIpc) is 2.53. The van der Waals surface area contributed by atoms with Crippen molar-refractivity contribution in [3.63, 3.8) is 0 Å². The summed E-state index contributed by atoms with van der Waals surface area (Å²) in [4.78, 5) is 18.4. The lowest BCUT2D eigenvalue weighted by molar-refractivity contribution is 0.0773. The van der Waals surface area contributed by atoms with Crippen molar-refractivity contribution in [2.45, 2.75) is 39.7 Å². The van der Waals surface area contributed by atoms with E-state index in [0.29, 0.717) is 12.5 Å². The Labute approximate surface area is 162 Å². The molecule has 0 heterocycles. The fourth-order valence-corrected chi connectivity index (χ4v) is 2.62. The zero-order valence-corrected chi connectivity index (χ0v) is 17.0. The molecular formula is C18H29IN4O.